The van der Waals surface area contributed by atoms with Crippen molar-refractivity contribution in [3.05, 3.63) is 28.8 Å². The maximum Gasteiger partial charge on any atom is 0.120 e. The van der Waals surface area contributed by atoms with Crippen molar-refractivity contribution in [3.8, 4) is 5.75 Å². The number of ether oxygens (including phenoxy) is 1. The van der Waals surface area contributed by atoms with Gasteiger partial charge in [-0.05, 0) is 12.1 Å². The maximum absolute atomic E-state index is 6.23. The van der Waals surface area contributed by atoms with Crippen LogP contribution in [0.15, 0.2) is 18.2 Å². The zero-order valence-corrected chi connectivity index (χ0v) is 10.7. The van der Waals surface area contributed by atoms with Crippen LogP contribution in [0.5, 0.6) is 5.75 Å². The third-order valence-electron chi connectivity index (χ3n) is 3.07. The summed E-state index contributed by atoms with van der Waals surface area (Å²) in [6.45, 7) is 3.84. The summed E-state index contributed by atoms with van der Waals surface area (Å²) in [5.41, 5.74) is 7.19. The normalized spacial score (nSPS) is 19.0. The first-order valence-corrected chi connectivity index (χ1v) is 6.14. The molecule has 17 heavy (non-hydrogen) atoms. The first-order chi connectivity index (χ1) is 8.22. The number of methoxy groups -OCH3 is 1. The van der Waals surface area contributed by atoms with Crippen molar-refractivity contribution in [1.29, 1.82) is 0 Å². The summed E-state index contributed by atoms with van der Waals surface area (Å²) in [6.07, 6.45) is -0.143. The number of halogens is 1. The number of hydrogen-bond acceptors (Lipinski definition) is 4. The van der Waals surface area contributed by atoms with E-state index in [2.05, 4.69) is 10.2 Å². The van der Waals surface area contributed by atoms with Gasteiger partial charge in [-0.1, -0.05) is 17.7 Å². The van der Waals surface area contributed by atoms with Gasteiger partial charge in [-0.25, -0.2) is 0 Å². The Morgan fingerprint density at radius 3 is 2.71 bits per heavy atom. The fourth-order valence-electron chi connectivity index (χ4n) is 2.03. The Labute approximate surface area is 107 Å². The summed E-state index contributed by atoms with van der Waals surface area (Å²) in [5.74, 6) is 0.756. The second-order valence-electron chi connectivity index (χ2n) is 4.12. The van der Waals surface area contributed by atoms with Crippen LogP contribution < -0.4 is 15.8 Å². The van der Waals surface area contributed by atoms with E-state index in [-0.39, 0.29) is 6.17 Å². The highest BCUT2D eigenvalue weighted by Gasteiger charge is 2.20. The smallest absolute Gasteiger partial charge is 0.120 e. The van der Waals surface area contributed by atoms with Crippen LogP contribution in [0, 0.1) is 0 Å². The van der Waals surface area contributed by atoms with Crippen molar-refractivity contribution in [2.75, 3.05) is 33.3 Å². The average molecular weight is 256 g/mol. The summed E-state index contributed by atoms with van der Waals surface area (Å²) >= 11 is 6.22. The zero-order valence-electron chi connectivity index (χ0n) is 9.95. The largest absolute Gasteiger partial charge is 0.497 e. The van der Waals surface area contributed by atoms with E-state index in [0.717, 1.165) is 37.5 Å². The quantitative estimate of drug-likeness (QED) is 0.853. The average Bonchev–Trinajstić information content (AvgIpc) is 2.39. The molecule has 0 spiro atoms. The van der Waals surface area contributed by atoms with Crippen molar-refractivity contribution < 1.29 is 4.74 Å². The van der Waals surface area contributed by atoms with Crippen molar-refractivity contribution >= 4 is 11.6 Å². The molecular weight excluding hydrogens is 238 g/mol. The highest BCUT2D eigenvalue weighted by Crippen LogP contribution is 2.28. The molecule has 1 atom stereocenters. The summed E-state index contributed by atoms with van der Waals surface area (Å²) in [5, 5.41) is 3.97. The summed E-state index contributed by atoms with van der Waals surface area (Å²) in [6, 6.07) is 5.64. The number of hydrogen-bond donors (Lipinski definition) is 2. The van der Waals surface area contributed by atoms with Gasteiger partial charge in [-0.2, -0.15) is 0 Å². The van der Waals surface area contributed by atoms with Crippen molar-refractivity contribution in [3.63, 3.8) is 0 Å². The lowest BCUT2D eigenvalue weighted by Crippen LogP contribution is -2.47. The van der Waals surface area contributed by atoms with E-state index in [4.69, 9.17) is 22.1 Å². The number of nitrogens with two attached hydrogens (primary N) is 1. The van der Waals surface area contributed by atoms with Crippen LogP contribution in [-0.4, -0.2) is 38.2 Å². The van der Waals surface area contributed by atoms with Gasteiger partial charge >= 0.3 is 0 Å². The maximum atomic E-state index is 6.23. The Kier molecular flexibility index (Phi) is 4.23. The van der Waals surface area contributed by atoms with Crippen molar-refractivity contribution in [2.45, 2.75) is 6.17 Å². The molecular formula is C12H18ClN3O. The second kappa shape index (κ2) is 5.69. The molecule has 1 aromatic carbocycles. The van der Waals surface area contributed by atoms with Crippen LogP contribution in [0.2, 0.25) is 5.02 Å². The molecule has 1 aromatic rings. The van der Waals surface area contributed by atoms with Gasteiger partial charge in [0.05, 0.1) is 18.3 Å². The predicted molar refractivity (Wildman–Crippen MR) is 69.4 cm³/mol. The molecule has 1 heterocycles. The van der Waals surface area contributed by atoms with Crippen LogP contribution in [-0.2, 0) is 0 Å². The van der Waals surface area contributed by atoms with Gasteiger partial charge in [0.25, 0.3) is 0 Å². The van der Waals surface area contributed by atoms with Gasteiger partial charge < -0.3 is 15.8 Å². The minimum Gasteiger partial charge on any atom is -0.497 e. The molecule has 0 radical (unpaired) electrons. The fraction of sp³-hybridized carbons (Fsp3) is 0.500. The minimum atomic E-state index is -0.143. The lowest BCUT2D eigenvalue weighted by Gasteiger charge is -2.33. The van der Waals surface area contributed by atoms with Crippen LogP contribution in [0.1, 0.15) is 11.7 Å². The molecule has 1 aliphatic rings. The van der Waals surface area contributed by atoms with Gasteiger partial charge in [-0.3, -0.25) is 4.90 Å². The highest BCUT2D eigenvalue weighted by atomic mass is 35.5. The molecule has 3 N–H and O–H groups in total. The van der Waals surface area contributed by atoms with Crippen LogP contribution in [0.3, 0.4) is 0 Å². The number of benzene rings is 1. The van der Waals surface area contributed by atoms with Crippen molar-refractivity contribution in [2.24, 2.45) is 5.73 Å². The second-order valence-corrected chi connectivity index (χ2v) is 4.53. The molecule has 0 aromatic heterocycles. The first kappa shape index (κ1) is 12.6. The molecule has 0 amide bonds. The van der Waals surface area contributed by atoms with E-state index in [0.29, 0.717) is 5.02 Å². The Morgan fingerprint density at radius 1 is 1.41 bits per heavy atom. The van der Waals surface area contributed by atoms with Gasteiger partial charge in [0.15, 0.2) is 0 Å². The van der Waals surface area contributed by atoms with Gasteiger partial charge in [0, 0.05) is 31.7 Å². The molecule has 0 aliphatic carbocycles. The summed E-state index contributed by atoms with van der Waals surface area (Å²) in [7, 11) is 1.63. The Hall–Kier alpha value is -0.810. The monoisotopic (exact) mass is 255 g/mol. The topological polar surface area (TPSA) is 50.5 Å². The standard InChI is InChI=1S/C12H18ClN3O/c1-17-9-2-3-10(11(13)8-9)12(14)16-6-4-15-5-7-16/h2-3,8,12,15H,4-7,14H2,1H3. The first-order valence-electron chi connectivity index (χ1n) is 5.76. The lowest BCUT2D eigenvalue weighted by atomic mass is 10.1. The molecule has 1 aliphatic heterocycles. The molecule has 94 valence electrons. The Bertz CT molecular complexity index is 380. The molecule has 2 rings (SSSR count). The molecule has 5 heteroatoms. The Balaban J connectivity index is 2.15. The van der Waals surface area contributed by atoms with Gasteiger partial charge in [0.1, 0.15) is 5.75 Å². The van der Waals surface area contributed by atoms with E-state index in [1.807, 2.05) is 12.1 Å². The number of nitrogens with zero attached hydrogens (tertiary/aromatic N) is 1. The predicted octanol–water partition coefficient (Wildman–Crippen LogP) is 1.21. The third-order valence-corrected chi connectivity index (χ3v) is 3.40. The van der Waals surface area contributed by atoms with Gasteiger partial charge in [-0.15, -0.1) is 0 Å². The van der Waals surface area contributed by atoms with Crippen molar-refractivity contribution in [1.82, 2.24) is 10.2 Å². The van der Waals surface area contributed by atoms with E-state index in [1.54, 1.807) is 13.2 Å². The van der Waals surface area contributed by atoms with E-state index in [9.17, 15) is 0 Å². The van der Waals surface area contributed by atoms with Crippen LogP contribution in [0.4, 0.5) is 0 Å². The number of nitrogens with one attached hydrogen (secondary N) is 1. The van der Waals surface area contributed by atoms with Crippen LogP contribution >= 0.6 is 11.6 Å². The van der Waals surface area contributed by atoms with Crippen LogP contribution in [0.25, 0.3) is 0 Å². The molecule has 0 saturated carbocycles. The Morgan fingerprint density at radius 2 is 2.12 bits per heavy atom. The lowest BCUT2D eigenvalue weighted by molar-refractivity contribution is 0.177. The highest BCUT2D eigenvalue weighted by molar-refractivity contribution is 6.31. The van der Waals surface area contributed by atoms with E-state index < -0.39 is 0 Å². The molecule has 4 nitrogen and oxygen atoms in total. The molecule has 1 saturated heterocycles. The SMILES string of the molecule is COc1ccc(C(N)N2CCNCC2)c(Cl)c1. The summed E-state index contributed by atoms with van der Waals surface area (Å²) < 4.78 is 5.13. The molecule has 0 bridgehead atoms. The fourth-order valence-corrected chi connectivity index (χ4v) is 2.31. The number of rotatable bonds is 3. The number of piperazine rings is 1. The van der Waals surface area contributed by atoms with Gasteiger partial charge in [0.2, 0.25) is 0 Å². The minimum absolute atomic E-state index is 0.143. The van der Waals surface area contributed by atoms with E-state index in [1.165, 1.54) is 0 Å². The molecule has 1 fully saturated rings. The molecule has 1 unspecified atom stereocenters. The van der Waals surface area contributed by atoms with E-state index >= 15 is 0 Å². The zero-order chi connectivity index (χ0) is 12.3. The third kappa shape index (κ3) is 2.90. The summed E-state index contributed by atoms with van der Waals surface area (Å²) in [4.78, 5) is 2.23.